The van der Waals surface area contributed by atoms with E-state index in [0.29, 0.717) is 40.4 Å². The highest BCUT2D eigenvalue weighted by atomic mass is 35.5. The van der Waals surface area contributed by atoms with Gasteiger partial charge in [-0.3, -0.25) is 19.0 Å². The Morgan fingerprint density at radius 1 is 1.12 bits per heavy atom. The average Bonchev–Trinajstić information content (AvgIpc) is 2.77. The van der Waals surface area contributed by atoms with E-state index in [1.165, 1.54) is 0 Å². The molecule has 0 aliphatic rings. The van der Waals surface area contributed by atoms with E-state index >= 15 is 0 Å². The Kier molecular flexibility index (Phi) is 8.00. The van der Waals surface area contributed by atoms with Crippen LogP contribution in [-0.4, -0.2) is 28.0 Å². The molecule has 3 rings (SSSR count). The summed E-state index contributed by atoms with van der Waals surface area (Å²) in [4.78, 5) is 41.7. The van der Waals surface area contributed by atoms with Gasteiger partial charge in [-0.2, -0.15) is 0 Å². The molecule has 1 N–H and O–H groups in total. The minimum Gasteiger partial charge on any atom is -0.466 e. The lowest BCUT2D eigenvalue weighted by molar-refractivity contribution is -0.144. The van der Waals surface area contributed by atoms with Crippen LogP contribution in [-0.2, 0) is 27.3 Å². The van der Waals surface area contributed by atoms with Gasteiger partial charge in [0, 0.05) is 23.6 Å². The maximum absolute atomic E-state index is 13.4. The first-order valence-corrected chi connectivity index (χ1v) is 11.0. The molecule has 8 heteroatoms. The second-order valence-electron chi connectivity index (χ2n) is 7.35. The van der Waals surface area contributed by atoms with Crippen molar-refractivity contribution in [3.8, 4) is 0 Å². The third-order valence-corrected chi connectivity index (χ3v) is 5.31. The van der Waals surface area contributed by atoms with E-state index in [9.17, 15) is 14.4 Å². The number of hydrogen-bond donors (Lipinski definition) is 1. The Bertz CT molecular complexity index is 1190. The quantitative estimate of drug-likeness (QED) is 0.485. The molecule has 0 unspecified atom stereocenters. The van der Waals surface area contributed by atoms with Crippen molar-refractivity contribution in [3.05, 3.63) is 69.2 Å². The molecule has 0 radical (unpaired) electrons. The Hall–Kier alpha value is -3.19. The van der Waals surface area contributed by atoms with Gasteiger partial charge in [0.1, 0.15) is 5.82 Å². The molecule has 3 aromatic rings. The largest absolute Gasteiger partial charge is 0.466 e. The molecule has 0 spiro atoms. The van der Waals surface area contributed by atoms with E-state index in [1.807, 2.05) is 25.1 Å². The van der Waals surface area contributed by atoms with Gasteiger partial charge in [0.05, 0.1) is 30.5 Å². The van der Waals surface area contributed by atoms with E-state index < -0.39 is 5.97 Å². The van der Waals surface area contributed by atoms with Crippen LogP contribution in [0.4, 0.5) is 5.69 Å². The summed E-state index contributed by atoms with van der Waals surface area (Å²) >= 11 is 6.31. The number of carbonyl (C=O) groups is 2. The number of nitrogens with zero attached hydrogens (tertiary/aromatic N) is 2. The molecular formula is C24H26ClN3O4. The van der Waals surface area contributed by atoms with E-state index in [4.69, 9.17) is 21.3 Å². The molecule has 0 fully saturated rings. The SMILES string of the molecule is CCCc1nc2ccc(NC(=O)CCC(=O)OCC)cc2c(=O)n1Cc1ccccc1Cl. The number of hydrogen-bond acceptors (Lipinski definition) is 5. The van der Waals surface area contributed by atoms with Gasteiger partial charge in [-0.05, 0) is 43.2 Å². The summed E-state index contributed by atoms with van der Waals surface area (Å²) < 4.78 is 6.47. The van der Waals surface area contributed by atoms with Gasteiger partial charge >= 0.3 is 5.97 Å². The van der Waals surface area contributed by atoms with Crippen molar-refractivity contribution in [3.63, 3.8) is 0 Å². The minimum absolute atomic E-state index is 0.000170. The molecule has 0 saturated carbocycles. The van der Waals surface area contributed by atoms with Gasteiger partial charge < -0.3 is 10.1 Å². The highest BCUT2D eigenvalue weighted by Crippen LogP contribution is 2.19. The second kappa shape index (κ2) is 10.9. The molecule has 0 aliphatic heterocycles. The summed E-state index contributed by atoms with van der Waals surface area (Å²) in [5.74, 6) is -0.0585. The Balaban J connectivity index is 1.91. The number of aryl methyl sites for hydroxylation is 1. The van der Waals surface area contributed by atoms with E-state index in [-0.39, 0.29) is 30.9 Å². The topological polar surface area (TPSA) is 90.3 Å². The molecule has 2 aromatic carbocycles. The molecule has 1 heterocycles. The molecule has 0 atom stereocenters. The van der Waals surface area contributed by atoms with Crippen molar-refractivity contribution < 1.29 is 14.3 Å². The van der Waals surface area contributed by atoms with Crippen LogP contribution in [0.15, 0.2) is 47.3 Å². The number of nitrogens with one attached hydrogen (secondary N) is 1. The summed E-state index contributed by atoms with van der Waals surface area (Å²) in [5, 5.41) is 3.72. The van der Waals surface area contributed by atoms with Crippen molar-refractivity contribution >= 4 is 40.1 Å². The lowest BCUT2D eigenvalue weighted by atomic mass is 10.1. The van der Waals surface area contributed by atoms with Crippen molar-refractivity contribution in [1.29, 1.82) is 0 Å². The number of rotatable bonds is 9. The van der Waals surface area contributed by atoms with E-state index in [1.54, 1.807) is 35.8 Å². The molecule has 0 bridgehead atoms. The Morgan fingerprint density at radius 3 is 2.62 bits per heavy atom. The van der Waals surface area contributed by atoms with Gasteiger partial charge in [0.15, 0.2) is 0 Å². The summed E-state index contributed by atoms with van der Waals surface area (Å²) in [5.41, 5.74) is 1.68. The summed E-state index contributed by atoms with van der Waals surface area (Å²) in [6, 6.07) is 12.4. The summed E-state index contributed by atoms with van der Waals surface area (Å²) in [6.07, 6.45) is 1.50. The lowest BCUT2D eigenvalue weighted by Crippen LogP contribution is -2.26. The number of halogens is 1. The fourth-order valence-corrected chi connectivity index (χ4v) is 3.59. The van der Waals surface area contributed by atoms with Crippen LogP contribution in [0.1, 0.15) is 44.5 Å². The van der Waals surface area contributed by atoms with Crippen molar-refractivity contribution in [2.45, 2.75) is 46.1 Å². The number of benzene rings is 2. The van der Waals surface area contributed by atoms with Crippen LogP contribution in [0.5, 0.6) is 0 Å². The zero-order valence-corrected chi connectivity index (χ0v) is 18.9. The van der Waals surface area contributed by atoms with Gasteiger partial charge in [-0.25, -0.2) is 4.98 Å². The zero-order chi connectivity index (χ0) is 23.1. The van der Waals surface area contributed by atoms with Gasteiger partial charge in [0.25, 0.3) is 5.56 Å². The van der Waals surface area contributed by atoms with Gasteiger partial charge in [0.2, 0.25) is 5.91 Å². The molecule has 32 heavy (non-hydrogen) atoms. The predicted molar refractivity (Wildman–Crippen MR) is 125 cm³/mol. The normalized spacial score (nSPS) is 10.8. The standard InChI is InChI=1S/C24H26ClN3O4/c1-3-7-21-27-20-11-10-17(26-22(29)12-13-23(30)32-4-2)14-18(20)24(31)28(21)15-16-8-5-6-9-19(16)25/h5-6,8-11,14H,3-4,7,12-13,15H2,1-2H3,(H,26,29). The zero-order valence-electron chi connectivity index (χ0n) is 18.2. The molecule has 1 amide bonds. The van der Waals surface area contributed by atoms with Crippen LogP contribution in [0.3, 0.4) is 0 Å². The molecule has 1 aromatic heterocycles. The van der Waals surface area contributed by atoms with Crippen molar-refractivity contribution in [2.75, 3.05) is 11.9 Å². The highest BCUT2D eigenvalue weighted by molar-refractivity contribution is 6.31. The lowest BCUT2D eigenvalue weighted by Gasteiger charge is -2.15. The maximum Gasteiger partial charge on any atom is 0.306 e. The third kappa shape index (κ3) is 5.73. The average molecular weight is 456 g/mol. The summed E-state index contributed by atoms with van der Waals surface area (Å²) in [6.45, 7) is 4.34. The smallest absolute Gasteiger partial charge is 0.306 e. The van der Waals surface area contributed by atoms with Crippen LogP contribution in [0.2, 0.25) is 5.02 Å². The third-order valence-electron chi connectivity index (χ3n) is 4.94. The number of esters is 1. The Morgan fingerprint density at radius 2 is 1.91 bits per heavy atom. The van der Waals surface area contributed by atoms with Crippen LogP contribution in [0.25, 0.3) is 10.9 Å². The predicted octanol–water partition coefficient (Wildman–Crippen LogP) is 4.33. The fraction of sp³-hybridized carbons (Fsp3) is 0.333. The Labute approximate surface area is 191 Å². The number of amides is 1. The molecule has 0 aliphatic carbocycles. The van der Waals surface area contributed by atoms with E-state index in [0.717, 1.165) is 12.0 Å². The summed E-state index contributed by atoms with van der Waals surface area (Å²) in [7, 11) is 0. The second-order valence-corrected chi connectivity index (χ2v) is 7.75. The number of anilines is 1. The van der Waals surface area contributed by atoms with Crippen molar-refractivity contribution in [2.24, 2.45) is 0 Å². The first-order chi connectivity index (χ1) is 15.4. The van der Waals surface area contributed by atoms with Gasteiger partial charge in [-0.15, -0.1) is 0 Å². The van der Waals surface area contributed by atoms with Crippen LogP contribution < -0.4 is 10.9 Å². The molecular weight excluding hydrogens is 430 g/mol. The minimum atomic E-state index is -0.420. The van der Waals surface area contributed by atoms with Gasteiger partial charge in [-0.1, -0.05) is 36.7 Å². The first-order valence-electron chi connectivity index (χ1n) is 10.6. The molecule has 168 valence electrons. The maximum atomic E-state index is 13.4. The fourth-order valence-electron chi connectivity index (χ4n) is 3.39. The van der Waals surface area contributed by atoms with Crippen molar-refractivity contribution in [1.82, 2.24) is 9.55 Å². The van der Waals surface area contributed by atoms with Crippen LogP contribution in [0, 0.1) is 0 Å². The number of ether oxygens (including phenoxy) is 1. The monoisotopic (exact) mass is 455 g/mol. The molecule has 0 saturated heterocycles. The van der Waals surface area contributed by atoms with Crippen LogP contribution >= 0.6 is 11.6 Å². The number of carbonyl (C=O) groups excluding carboxylic acids is 2. The molecule has 7 nitrogen and oxygen atoms in total. The van der Waals surface area contributed by atoms with E-state index in [2.05, 4.69) is 5.32 Å². The number of aromatic nitrogens is 2. The number of fused-ring (bicyclic) bond motifs is 1. The highest BCUT2D eigenvalue weighted by Gasteiger charge is 2.14. The first kappa shape index (κ1) is 23.5.